The van der Waals surface area contributed by atoms with Gasteiger partial charge < -0.3 is 49.7 Å². The van der Waals surface area contributed by atoms with E-state index in [2.05, 4.69) is 25.9 Å². The van der Waals surface area contributed by atoms with E-state index in [-0.39, 0.29) is 31.3 Å². The van der Waals surface area contributed by atoms with Crippen LogP contribution in [0, 0.1) is 0 Å². The molecule has 3 amide bonds. The molecular formula is C17H34N10O5. The molecule has 0 aliphatic heterocycles. The van der Waals surface area contributed by atoms with Crippen molar-refractivity contribution >= 4 is 35.6 Å². The summed E-state index contributed by atoms with van der Waals surface area (Å²) < 4.78 is 0. The SMILES string of the molecule is CC(NC(=O)C(CCCN=C(N)N)NC(=O)C(N)CCCN=C(N)N)C(=O)NCC(=O)O. The largest absolute Gasteiger partial charge is 0.480 e. The number of carbonyl (C=O) groups is 4. The van der Waals surface area contributed by atoms with Gasteiger partial charge in [-0.3, -0.25) is 29.2 Å². The molecule has 0 radical (unpaired) electrons. The molecule has 32 heavy (non-hydrogen) atoms. The van der Waals surface area contributed by atoms with E-state index in [9.17, 15) is 19.2 Å². The Balaban J connectivity index is 4.96. The molecule has 14 N–H and O–H groups in total. The number of hydrogen-bond acceptors (Lipinski definition) is 7. The molecule has 0 saturated carbocycles. The number of nitrogens with one attached hydrogen (secondary N) is 3. The molecule has 0 rings (SSSR count). The maximum Gasteiger partial charge on any atom is 0.322 e. The smallest absolute Gasteiger partial charge is 0.322 e. The van der Waals surface area contributed by atoms with Crippen molar-refractivity contribution < 1.29 is 24.3 Å². The monoisotopic (exact) mass is 458 g/mol. The number of amides is 3. The minimum Gasteiger partial charge on any atom is -0.480 e. The number of guanidine groups is 2. The highest BCUT2D eigenvalue weighted by atomic mass is 16.4. The van der Waals surface area contributed by atoms with E-state index in [1.165, 1.54) is 6.92 Å². The van der Waals surface area contributed by atoms with Crippen LogP contribution in [0.25, 0.3) is 0 Å². The highest BCUT2D eigenvalue weighted by Gasteiger charge is 2.26. The van der Waals surface area contributed by atoms with Gasteiger partial charge in [0.25, 0.3) is 0 Å². The maximum atomic E-state index is 12.6. The van der Waals surface area contributed by atoms with E-state index in [1.54, 1.807) is 0 Å². The summed E-state index contributed by atoms with van der Waals surface area (Å²) in [6.45, 7) is 1.31. The van der Waals surface area contributed by atoms with Gasteiger partial charge in [-0.15, -0.1) is 0 Å². The number of hydrogen-bond donors (Lipinski definition) is 9. The van der Waals surface area contributed by atoms with Crippen molar-refractivity contribution in [1.82, 2.24) is 16.0 Å². The van der Waals surface area contributed by atoms with Crippen LogP contribution >= 0.6 is 0 Å². The molecule has 15 heteroatoms. The highest BCUT2D eigenvalue weighted by Crippen LogP contribution is 2.02. The van der Waals surface area contributed by atoms with Gasteiger partial charge in [0.05, 0.1) is 6.04 Å². The van der Waals surface area contributed by atoms with Crippen molar-refractivity contribution in [2.45, 2.75) is 50.7 Å². The summed E-state index contributed by atoms with van der Waals surface area (Å²) in [4.78, 5) is 55.1. The number of nitrogens with zero attached hydrogens (tertiary/aromatic N) is 2. The normalized spacial score (nSPS) is 13.1. The van der Waals surface area contributed by atoms with Crippen LogP contribution in [0.15, 0.2) is 9.98 Å². The lowest BCUT2D eigenvalue weighted by atomic mass is 10.1. The lowest BCUT2D eigenvalue weighted by molar-refractivity contribution is -0.138. The summed E-state index contributed by atoms with van der Waals surface area (Å²) in [5.74, 6) is -3.31. The molecule has 0 aromatic heterocycles. The maximum absolute atomic E-state index is 12.6. The van der Waals surface area contributed by atoms with Gasteiger partial charge in [-0.2, -0.15) is 0 Å². The second kappa shape index (κ2) is 15.2. The molecule has 0 aromatic rings. The second-order valence-electron chi connectivity index (χ2n) is 6.91. The zero-order chi connectivity index (χ0) is 24.7. The fourth-order valence-corrected chi connectivity index (χ4v) is 2.40. The first-order valence-electron chi connectivity index (χ1n) is 9.90. The van der Waals surface area contributed by atoms with Crippen LogP contribution in [0.3, 0.4) is 0 Å². The van der Waals surface area contributed by atoms with Crippen molar-refractivity contribution in [2.24, 2.45) is 38.7 Å². The van der Waals surface area contributed by atoms with E-state index in [4.69, 9.17) is 33.8 Å². The molecular weight excluding hydrogens is 424 g/mol. The zero-order valence-electron chi connectivity index (χ0n) is 18.0. The number of aliphatic imine (C=N–C) groups is 2. The Morgan fingerprint density at radius 1 is 0.844 bits per heavy atom. The molecule has 0 aliphatic carbocycles. The third-order valence-corrected chi connectivity index (χ3v) is 4.05. The number of nitrogens with two attached hydrogens (primary N) is 5. The predicted octanol–water partition coefficient (Wildman–Crippen LogP) is -4.39. The lowest BCUT2D eigenvalue weighted by Gasteiger charge is -2.22. The Kier molecular flexibility index (Phi) is 13.5. The van der Waals surface area contributed by atoms with Gasteiger partial charge in [-0.1, -0.05) is 0 Å². The standard InChI is InChI=1S/C17H34N10O5/c1-9(13(30)25-8-12(28)29)26-15(32)11(5-3-7-24-17(21)22)27-14(31)10(18)4-2-6-23-16(19)20/h9-11H,2-8,18H2,1H3,(H,25,30)(H,26,32)(H,27,31)(H,28,29)(H4,19,20,23)(H4,21,22,24). The molecule has 15 nitrogen and oxygen atoms in total. The quantitative estimate of drug-likeness (QED) is 0.0645. The average Bonchev–Trinajstić information content (AvgIpc) is 2.70. The Morgan fingerprint density at radius 2 is 1.38 bits per heavy atom. The summed E-state index contributed by atoms with van der Waals surface area (Å²) in [5, 5.41) is 15.8. The van der Waals surface area contributed by atoms with Gasteiger partial charge in [0.15, 0.2) is 11.9 Å². The molecule has 3 unspecified atom stereocenters. The first-order valence-corrected chi connectivity index (χ1v) is 9.90. The van der Waals surface area contributed by atoms with Crippen LogP contribution in [0.5, 0.6) is 0 Å². The van der Waals surface area contributed by atoms with Crippen LogP contribution < -0.4 is 44.6 Å². The van der Waals surface area contributed by atoms with Gasteiger partial charge in [0.2, 0.25) is 17.7 Å². The van der Waals surface area contributed by atoms with Gasteiger partial charge in [-0.05, 0) is 32.6 Å². The Morgan fingerprint density at radius 3 is 1.88 bits per heavy atom. The zero-order valence-corrected chi connectivity index (χ0v) is 18.0. The predicted molar refractivity (Wildman–Crippen MR) is 118 cm³/mol. The van der Waals surface area contributed by atoms with E-state index in [0.29, 0.717) is 19.4 Å². The number of carboxylic acid groups (broad SMARTS) is 1. The van der Waals surface area contributed by atoms with Crippen molar-refractivity contribution in [2.75, 3.05) is 19.6 Å². The first-order chi connectivity index (χ1) is 14.9. The molecule has 0 heterocycles. The van der Waals surface area contributed by atoms with Crippen LogP contribution in [-0.4, -0.2) is 78.5 Å². The molecule has 0 aliphatic rings. The average molecular weight is 459 g/mol. The minimum absolute atomic E-state index is 0.0676. The summed E-state index contributed by atoms with van der Waals surface area (Å²) in [7, 11) is 0. The second-order valence-corrected chi connectivity index (χ2v) is 6.91. The lowest BCUT2D eigenvalue weighted by Crippen LogP contribution is -2.55. The van der Waals surface area contributed by atoms with Crippen LogP contribution in [0.4, 0.5) is 0 Å². The summed E-state index contributed by atoms with van der Waals surface area (Å²) in [6.07, 6.45) is 1.25. The van der Waals surface area contributed by atoms with Gasteiger partial charge >= 0.3 is 5.97 Å². The molecule has 0 aromatic carbocycles. The summed E-state index contributed by atoms with van der Waals surface area (Å²) in [5.41, 5.74) is 26.9. The van der Waals surface area contributed by atoms with Crippen LogP contribution in [0.2, 0.25) is 0 Å². The molecule has 0 fully saturated rings. The first kappa shape index (κ1) is 28.4. The topological polar surface area (TPSA) is 279 Å². The Bertz CT molecular complexity index is 704. The van der Waals surface area contributed by atoms with Gasteiger partial charge in [-0.25, -0.2) is 0 Å². The van der Waals surface area contributed by atoms with Crippen molar-refractivity contribution in [3.05, 3.63) is 0 Å². The summed E-state index contributed by atoms with van der Waals surface area (Å²) in [6, 6.07) is -2.96. The van der Waals surface area contributed by atoms with E-state index in [0.717, 1.165) is 0 Å². The molecule has 0 spiro atoms. The fourth-order valence-electron chi connectivity index (χ4n) is 2.40. The third kappa shape index (κ3) is 13.6. The van der Waals surface area contributed by atoms with Gasteiger partial charge in [0.1, 0.15) is 18.6 Å². The number of carbonyl (C=O) groups excluding carboxylic acids is 3. The fraction of sp³-hybridized carbons (Fsp3) is 0.647. The van der Waals surface area contributed by atoms with Crippen molar-refractivity contribution in [3.63, 3.8) is 0 Å². The minimum atomic E-state index is -1.23. The summed E-state index contributed by atoms with van der Waals surface area (Å²) >= 11 is 0. The van der Waals surface area contributed by atoms with E-state index >= 15 is 0 Å². The van der Waals surface area contributed by atoms with Crippen molar-refractivity contribution in [3.8, 4) is 0 Å². The van der Waals surface area contributed by atoms with Crippen molar-refractivity contribution in [1.29, 1.82) is 0 Å². The molecule has 3 atom stereocenters. The third-order valence-electron chi connectivity index (χ3n) is 4.05. The number of carboxylic acids is 1. The Hall–Kier alpha value is -3.62. The molecule has 0 bridgehead atoms. The molecule has 182 valence electrons. The van der Waals surface area contributed by atoms with E-state index < -0.39 is 48.4 Å². The van der Waals surface area contributed by atoms with Crippen LogP contribution in [0.1, 0.15) is 32.6 Å². The van der Waals surface area contributed by atoms with Gasteiger partial charge in [0, 0.05) is 13.1 Å². The Labute approximate surface area is 185 Å². The molecule has 0 saturated heterocycles. The number of rotatable bonds is 15. The highest BCUT2D eigenvalue weighted by molar-refractivity contribution is 5.93. The van der Waals surface area contributed by atoms with E-state index in [1.807, 2.05) is 0 Å². The van der Waals surface area contributed by atoms with Crippen LogP contribution in [-0.2, 0) is 19.2 Å². The number of aliphatic carboxylic acids is 1.